The summed E-state index contributed by atoms with van der Waals surface area (Å²) in [4.78, 5) is 29.6. The largest absolute Gasteiger partial charge is 0.466 e. The number of unbranched alkanes of at least 4 members (excludes halogenated alkanes) is 12. The first-order chi connectivity index (χ1) is 25.4. The van der Waals surface area contributed by atoms with Crippen LogP contribution in [0.3, 0.4) is 0 Å². The maximum Gasteiger partial charge on any atom is 0.305 e. The van der Waals surface area contributed by atoms with Crippen LogP contribution in [0.1, 0.15) is 181 Å². The van der Waals surface area contributed by atoms with Crippen molar-refractivity contribution in [2.45, 2.75) is 181 Å². The second-order valence-electron chi connectivity index (χ2n) is 15.9. The van der Waals surface area contributed by atoms with E-state index in [9.17, 15) is 9.59 Å². The van der Waals surface area contributed by atoms with E-state index in [0.717, 1.165) is 50.9 Å². The molecule has 52 heavy (non-hydrogen) atoms. The maximum atomic E-state index is 12.3. The Balaban J connectivity index is 2.24. The van der Waals surface area contributed by atoms with Gasteiger partial charge < -0.3 is 19.3 Å². The third kappa shape index (κ3) is 29.4. The zero-order chi connectivity index (χ0) is 37.9. The third-order valence-corrected chi connectivity index (χ3v) is 11.0. The summed E-state index contributed by atoms with van der Waals surface area (Å²) in [6.45, 7) is 17.4. The van der Waals surface area contributed by atoms with Crippen molar-refractivity contribution in [2.75, 3.05) is 53.0 Å². The number of carbonyl (C=O) groups is 2. The first kappa shape index (κ1) is 48.0. The maximum absolute atomic E-state index is 12.3. The molecule has 0 amide bonds. The Labute approximate surface area is 321 Å². The molecule has 0 aromatic heterocycles. The number of allylic oxidation sites excluding steroid dienone is 1. The van der Waals surface area contributed by atoms with Crippen molar-refractivity contribution in [2.24, 2.45) is 17.8 Å². The molecule has 6 nitrogen and oxygen atoms in total. The van der Waals surface area contributed by atoms with Crippen LogP contribution in [-0.2, 0) is 19.1 Å². The fourth-order valence-electron chi connectivity index (χ4n) is 7.24. The van der Waals surface area contributed by atoms with Gasteiger partial charge in [0, 0.05) is 39.0 Å². The first-order valence-electron chi connectivity index (χ1n) is 22.0. The van der Waals surface area contributed by atoms with Crippen LogP contribution in [0.15, 0.2) is 29.8 Å². The highest BCUT2D eigenvalue weighted by atomic mass is 16.5. The SMILES string of the molecule is C=C=C=C=CC(CCCCC)CCOC(=O)CCCCCCCC(CCCCCCCC(=O)OCCC(C)CCCCC)CCN1CCN(C)CC1. The van der Waals surface area contributed by atoms with Gasteiger partial charge in [-0.2, -0.15) is 0 Å². The summed E-state index contributed by atoms with van der Waals surface area (Å²) in [6.07, 6.45) is 30.4. The molecule has 0 aromatic rings. The van der Waals surface area contributed by atoms with Gasteiger partial charge in [0.2, 0.25) is 0 Å². The minimum absolute atomic E-state index is 0.00834. The molecule has 0 aromatic carbocycles. The molecule has 1 heterocycles. The number of likely N-dealkylation sites (N-methyl/N-ethyl adjacent to an activating group) is 1. The van der Waals surface area contributed by atoms with Crippen LogP contribution in [0.5, 0.6) is 0 Å². The van der Waals surface area contributed by atoms with E-state index in [2.05, 4.69) is 61.4 Å². The molecule has 6 heteroatoms. The zero-order valence-corrected chi connectivity index (χ0v) is 34.7. The summed E-state index contributed by atoms with van der Waals surface area (Å²) < 4.78 is 11.1. The molecule has 3 atom stereocenters. The second-order valence-corrected chi connectivity index (χ2v) is 15.9. The minimum Gasteiger partial charge on any atom is -0.466 e. The first-order valence-corrected chi connectivity index (χ1v) is 22.0. The number of esters is 2. The summed E-state index contributed by atoms with van der Waals surface area (Å²) >= 11 is 0. The molecule has 1 saturated heterocycles. The molecular formula is C46H82N2O4. The molecule has 1 rings (SSSR count). The van der Waals surface area contributed by atoms with E-state index in [0.29, 0.717) is 37.9 Å². The molecule has 0 bridgehead atoms. The van der Waals surface area contributed by atoms with Gasteiger partial charge in [-0.25, -0.2) is 0 Å². The van der Waals surface area contributed by atoms with Gasteiger partial charge in [-0.3, -0.25) is 9.59 Å². The molecule has 1 aliphatic rings. The number of nitrogens with zero attached hydrogens (tertiary/aromatic N) is 2. The summed E-state index contributed by atoms with van der Waals surface area (Å²) in [5.74, 6) is 1.74. The summed E-state index contributed by atoms with van der Waals surface area (Å²) in [7, 11) is 2.23. The second kappa shape index (κ2) is 34.7. The van der Waals surface area contributed by atoms with Crippen molar-refractivity contribution in [1.82, 2.24) is 9.80 Å². The van der Waals surface area contributed by atoms with Crippen LogP contribution < -0.4 is 0 Å². The molecule has 1 aliphatic heterocycles. The average molecular weight is 727 g/mol. The molecule has 3 unspecified atom stereocenters. The van der Waals surface area contributed by atoms with E-state index in [4.69, 9.17) is 9.47 Å². The number of hydrogen-bond donors (Lipinski definition) is 0. The van der Waals surface area contributed by atoms with Crippen LogP contribution in [0.2, 0.25) is 0 Å². The highest BCUT2D eigenvalue weighted by molar-refractivity contribution is 5.69. The molecule has 1 fully saturated rings. The Morgan fingerprint density at radius 1 is 0.654 bits per heavy atom. The predicted octanol–water partition coefficient (Wildman–Crippen LogP) is 11.6. The zero-order valence-electron chi connectivity index (χ0n) is 34.7. The van der Waals surface area contributed by atoms with Crippen molar-refractivity contribution in [3.05, 3.63) is 29.8 Å². The Morgan fingerprint density at radius 2 is 1.17 bits per heavy atom. The summed E-state index contributed by atoms with van der Waals surface area (Å²) in [5.41, 5.74) is 8.42. The Hall–Kier alpha value is -2.06. The van der Waals surface area contributed by atoms with Crippen molar-refractivity contribution >= 4 is 11.9 Å². The van der Waals surface area contributed by atoms with Gasteiger partial charge in [0.15, 0.2) is 0 Å². The standard InChI is InChI=1S/C46H82N2O4/c1-6-9-18-25-42(4)33-40-51-45(49)30-23-16-12-14-21-28-43(32-35-48-38-36-47(5)37-39-48)29-22-15-13-17-24-31-46(50)52-41-34-44(26-19-10-7-2)27-20-11-8-3/h26,42-44H,2,6,8-9,11-18,20-25,27-41H2,1,3-5H3. The number of piperazine rings is 1. The van der Waals surface area contributed by atoms with Crippen molar-refractivity contribution in [3.63, 3.8) is 0 Å². The van der Waals surface area contributed by atoms with E-state index in [1.54, 1.807) is 0 Å². The predicted molar refractivity (Wildman–Crippen MR) is 220 cm³/mol. The highest BCUT2D eigenvalue weighted by Gasteiger charge is 2.16. The number of carbonyl (C=O) groups excluding carboxylic acids is 2. The van der Waals surface area contributed by atoms with E-state index in [-0.39, 0.29) is 11.9 Å². The average Bonchev–Trinajstić information content (AvgIpc) is 3.13. The smallest absolute Gasteiger partial charge is 0.305 e. The topological polar surface area (TPSA) is 59.1 Å². The molecule has 300 valence electrons. The van der Waals surface area contributed by atoms with Gasteiger partial charge in [0.1, 0.15) is 0 Å². The Kier molecular flexibility index (Phi) is 32.0. The van der Waals surface area contributed by atoms with Gasteiger partial charge in [-0.15, -0.1) is 0 Å². The van der Waals surface area contributed by atoms with Gasteiger partial charge in [0.25, 0.3) is 0 Å². The van der Waals surface area contributed by atoms with Gasteiger partial charge >= 0.3 is 11.9 Å². The van der Waals surface area contributed by atoms with Crippen LogP contribution >= 0.6 is 0 Å². The fourth-order valence-corrected chi connectivity index (χ4v) is 7.24. The van der Waals surface area contributed by atoms with Gasteiger partial charge in [-0.1, -0.05) is 141 Å². The van der Waals surface area contributed by atoms with Crippen LogP contribution in [0, 0.1) is 17.8 Å². The van der Waals surface area contributed by atoms with Gasteiger partial charge in [0.05, 0.1) is 13.2 Å². The van der Waals surface area contributed by atoms with Crippen molar-refractivity contribution in [3.8, 4) is 0 Å². The van der Waals surface area contributed by atoms with E-state index >= 15 is 0 Å². The lowest BCUT2D eigenvalue weighted by Crippen LogP contribution is -2.44. The summed E-state index contributed by atoms with van der Waals surface area (Å²) in [6, 6.07) is 0. The number of hydrogen-bond acceptors (Lipinski definition) is 6. The van der Waals surface area contributed by atoms with Crippen molar-refractivity contribution < 1.29 is 19.1 Å². The lowest BCUT2D eigenvalue weighted by molar-refractivity contribution is -0.145. The molecular weight excluding hydrogens is 645 g/mol. The van der Waals surface area contributed by atoms with E-state index in [1.165, 1.54) is 135 Å². The van der Waals surface area contributed by atoms with Crippen LogP contribution in [0.25, 0.3) is 0 Å². The number of ether oxygens (including phenoxy) is 2. The van der Waals surface area contributed by atoms with E-state index < -0.39 is 0 Å². The molecule has 0 N–H and O–H groups in total. The molecule has 0 radical (unpaired) electrons. The molecule has 0 aliphatic carbocycles. The van der Waals surface area contributed by atoms with Crippen LogP contribution in [-0.4, -0.2) is 74.7 Å². The van der Waals surface area contributed by atoms with E-state index in [1.807, 2.05) is 6.08 Å². The number of rotatable bonds is 34. The highest BCUT2D eigenvalue weighted by Crippen LogP contribution is 2.23. The minimum atomic E-state index is -0.0557. The fraction of sp³-hybridized carbons (Fsp3) is 0.848. The molecule has 0 saturated carbocycles. The quantitative estimate of drug-likeness (QED) is 0.0374. The van der Waals surface area contributed by atoms with Crippen molar-refractivity contribution in [1.29, 1.82) is 0 Å². The Bertz CT molecular complexity index is 986. The van der Waals surface area contributed by atoms with Crippen LogP contribution in [0.4, 0.5) is 0 Å². The summed E-state index contributed by atoms with van der Waals surface area (Å²) in [5, 5.41) is 0. The molecule has 0 spiro atoms. The lowest BCUT2D eigenvalue weighted by atomic mass is 9.91. The monoisotopic (exact) mass is 727 g/mol. The van der Waals surface area contributed by atoms with Gasteiger partial charge in [-0.05, 0) is 88.3 Å². The third-order valence-electron chi connectivity index (χ3n) is 11.0. The Morgan fingerprint density at radius 3 is 1.75 bits per heavy atom. The normalized spacial score (nSPS) is 15.2. The lowest BCUT2D eigenvalue weighted by Gasteiger charge is -2.33.